The Morgan fingerprint density at radius 3 is 2.55 bits per heavy atom. The Hall–Kier alpha value is -1.88. The molecule has 0 radical (unpaired) electrons. The van der Waals surface area contributed by atoms with E-state index in [4.69, 9.17) is 0 Å². The topological polar surface area (TPSA) is 58.6 Å². The monoisotopic (exact) mass is 278 g/mol. The maximum absolute atomic E-state index is 11.8. The smallest absolute Gasteiger partial charge is 0.305 e. The van der Waals surface area contributed by atoms with Gasteiger partial charge in [-0.3, -0.25) is 9.59 Å². The third kappa shape index (κ3) is 6.33. The first kappa shape index (κ1) is 16.2. The van der Waals surface area contributed by atoms with Crippen LogP contribution in [0.3, 0.4) is 0 Å². The molecule has 0 atom stereocenters. The van der Waals surface area contributed by atoms with Gasteiger partial charge in [-0.2, -0.15) is 0 Å². The number of hydrogen-bond donors (Lipinski definition) is 1. The fourth-order valence-corrected chi connectivity index (χ4v) is 1.76. The summed E-state index contributed by atoms with van der Waals surface area (Å²) >= 11 is 0. The molecule has 0 fully saturated rings. The number of likely N-dealkylation sites (N-methyl/N-ethyl adjacent to an activating group) is 1. The van der Waals surface area contributed by atoms with Crippen LogP contribution in [0.1, 0.15) is 23.2 Å². The van der Waals surface area contributed by atoms with Crippen molar-refractivity contribution in [2.45, 2.75) is 12.8 Å². The predicted molar refractivity (Wildman–Crippen MR) is 77.5 cm³/mol. The molecule has 5 nitrogen and oxygen atoms in total. The normalized spacial score (nSPS) is 10.3. The van der Waals surface area contributed by atoms with Crippen LogP contribution in [0.15, 0.2) is 30.3 Å². The Kier molecular flexibility index (Phi) is 7.35. The molecular weight excluding hydrogens is 256 g/mol. The van der Waals surface area contributed by atoms with Crippen molar-refractivity contribution in [1.82, 2.24) is 10.2 Å². The Morgan fingerprint density at radius 2 is 1.90 bits per heavy atom. The lowest BCUT2D eigenvalue weighted by Crippen LogP contribution is -2.33. The third-order valence-electron chi connectivity index (χ3n) is 2.96. The van der Waals surface area contributed by atoms with Gasteiger partial charge in [0.15, 0.2) is 0 Å². The lowest BCUT2D eigenvalue weighted by atomic mass is 10.2. The van der Waals surface area contributed by atoms with Crippen LogP contribution >= 0.6 is 0 Å². The SMILES string of the molecule is COC(=O)CCCN(C)CCNC(=O)c1ccccc1. The second-order valence-electron chi connectivity index (χ2n) is 4.60. The number of esters is 1. The summed E-state index contributed by atoms with van der Waals surface area (Å²) in [5, 5.41) is 2.87. The highest BCUT2D eigenvalue weighted by Gasteiger charge is 2.05. The lowest BCUT2D eigenvalue weighted by Gasteiger charge is -2.16. The maximum atomic E-state index is 11.8. The average molecular weight is 278 g/mol. The molecule has 0 bridgehead atoms. The van der Waals surface area contributed by atoms with Crippen molar-refractivity contribution in [2.75, 3.05) is 33.8 Å². The molecule has 0 aliphatic rings. The molecule has 0 aliphatic carbocycles. The molecule has 20 heavy (non-hydrogen) atoms. The number of amides is 1. The predicted octanol–water partition coefficient (Wildman–Crippen LogP) is 1.30. The summed E-state index contributed by atoms with van der Waals surface area (Å²) in [6.45, 7) is 2.14. The first-order valence-corrected chi connectivity index (χ1v) is 6.72. The van der Waals surface area contributed by atoms with Gasteiger partial charge in [-0.15, -0.1) is 0 Å². The van der Waals surface area contributed by atoms with Crippen LogP contribution in [-0.4, -0.2) is 50.6 Å². The molecule has 1 amide bonds. The van der Waals surface area contributed by atoms with Crippen molar-refractivity contribution in [3.8, 4) is 0 Å². The van der Waals surface area contributed by atoms with Crippen LogP contribution in [0.4, 0.5) is 0 Å². The largest absolute Gasteiger partial charge is 0.469 e. The van der Waals surface area contributed by atoms with E-state index in [1.165, 1.54) is 7.11 Å². The van der Waals surface area contributed by atoms with Gasteiger partial charge in [0.25, 0.3) is 5.91 Å². The second-order valence-corrected chi connectivity index (χ2v) is 4.60. The van der Waals surface area contributed by atoms with Crippen LogP contribution in [0, 0.1) is 0 Å². The van der Waals surface area contributed by atoms with E-state index < -0.39 is 0 Å². The van der Waals surface area contributed by atoms with Gasteiger partial charge in [-0.1, -0.05) is 18.2 Å². The number of hydrogen-bond acceptors (Lipinski definition) is 4. The van der Waals surface area contributed by atoms with Crippen molar-refractivity contribution in [3.05, 3.63) is 35.9 Å². The average Bonchev–Trinajstić information content (AvgIpc) is 2.47. The van der Waals surface area contributed by atoms with Crippen LogP contribution in [-0.2, 0) is 9.53 Å². The van der Waals surface area contributed by atoms with Crippen LogP contribution < -0.4 is 5.32 Å². The molecule has 110 valence electrons. The maximum Gasteiger partial charge on any atom is 0.305 e. The molecule has 0 heterocycles. The summed E-state index contributed by atoms with van der Waals surface area (Å²) < 4.78 is 4.58. The van der Waals surface area contributed by atoms with Gasteiger partial charge >= 0.3 is 5.97 Å². The van der Waals surface area contributed by atoms with Crippen LogP contribution in [0.5, 0.6) is 0 Å². The number of carbonyl (C=O) groups is 2. The minimum absolute atomic E-state index is 0.0615. The molecule has 0 saturated heterocycles. The zero-order valence-corrected chi connectivity index (χ0v) is 12.1. The Bertz CT molecular complexity index is 420. The zero-order chi connectivity index (χ0) is 14.8. The molecule has 0 saturated carbocycles. The molecular formula is C15H22N2O3. The Morgan fingerprint density at radius 1 is 1.20 bits per heavy atom. The first-order valence-electron chi connectivity index (χ1n) is 6.72. The fourth-order valence-electron chi connectivity index (χ4n) is 1.76. The number of nitrogens with one attached hydrogen (secondary N) is 1. The van der Waals surface area contributed by atoms with Crippen LogP contribution in [0.25, 0.3) is 0 Å². The van der Waals surface area contributed by atoms with E-state index >= 15 is 0 Å². The second kappa shape index (κ2) is 9.09. The molecule has 1 aromatic carbocycles. The minimum atomic E-state index is -0.184. The van der Waals surface area contributed by atoms with E-state index in [1.54, 1.807) is 12.1 Å². The molecule has 0 spiro atoms. The fraction of sp³-hybridized carbons (Fsp3) is 0.467. The van der Waals surface area contributed by atoms with Crippen molar-refractivity contribution < 1.29 is 14.3 Å². The lowest BCUT2D eigenvalue weighted by molar-refractivity contribution is -0.140. The van der Waals surface area contributed by atoms with Gasteiger partial charge in [-0.05, 0) is 32.1 Å². The molecule has 0 aromatic heterocycles. The number of nitrogens with zero attached hydrogens (tertiary/aromatic N) is 1. The van der Waals surface area contributed by atoms with Crippen molar-refractivity contribution >= 4 is 11.9 Å². The number of carbonyl (C=O) groups excluding carboxylic acids is 2. The molecule has 1 aromatic rings. The van der Waals surface area contributed by atoms with E-state index in [2.05, 4.69) is 15.0 Å². The van der Waals surface area contributed by atoms with Gasteiger partial charge in [0, 0.05) is 25.1 Å². The highest BCUT2D eigenvalue weighted by atomic mass is 16.5. The quantitative estimate of drug-likeness (QED) is 0.728. The van der Waals surface area contributed by atoms with Crippen molar-refractivity contribution in [3.63, 3.8) is 0 Å². The van der Waals surface area contributed by atoms with E-state index in [0.29, 0.717) is 18.5 Å². The summed E-state index contributed by atoms with van der Waals surface area (Å²) in [6, 6.07) is 9.14. The van der Waals surface area contributed by atoms with E-state index in [1.807, 2.05) is 25.2 Å². The van der Waals surface area contributed by atoms with Crippen molar-refractivity contribution in [2.24, 2.45) is 0 Å². The molecule has 1 rings (SSSR count). The number of rotatable bonds is 8. The first-order chi connectivity index (χ1) is 9.63. The number of ether oxygens (including phenoxy) is 1. The summed E-state index contributed by atoms with van der Waals surface area (Å²) in [4.78, 5) is 24.8. The minimum Gasteiger partial charge on any atom is -0.469 e. The standard InChI is InChI=1S/C15H22N2O3/c1-17(11-6-9-14(18)20-2)12-10-16-15(19)13-7-4-3-5-8-13/h3-5,7-8H,6,9-12H2,1-2H3,(H,16,19). The highest BCUT2D eigenvalue weighted by Crippen LogP contribution is 1.98. The van der Waals surface area contributed by atoms with Gasteiger partial charge in [-0.25, -0.2) is 0 Å². The molecule has 1 N–H and O–H groups in total. The van der Waals surface area contributed by atoms with E-state index in [-0.39, 0.29) is 11.9 Å². The summed E-state index contributed by atoms with van der Waals surface area (Å²) in [5.41, 5.74) is 0.667. The van der Waals surface area contributed by atoms with E-state index in [9.17, 15) is 9.59 Å². The number of benzene rings is 1. The molecule has 0 aliphatic heterocycles. The number of methoxy groups -OCH3 is 1. The van der Waals surface area contributed by atoms with Crippen molar-refractivity contribution in [1.29, 1.82) is 0 Å². The third-order valence-corrected chi connectivity index (χ3v) is 2.96. The molecule has 0 unspecified atom stereocenters. The summed E-state index contributed by atoms with van der Waals surface area (Å²) in [7, 11) is 3.36. The van der Waals surface area contributed by atoms with Crippen LogP contribution in [0.2, 0.25) is 0 Å². The Balaban J connectivity index is 2.14. The molecule has 5 heteroatoms. The van der Waals surface area contributed by atoms with E-state index in [0.717, 1.165) is 19.5 Å². The van der Waals surface area contributed by atoms with Gasteiger partial charge in [0.1, 0.15) is 0 Å². The Labute approximate surface area is 119 Å². The van der Waals surface area contributed by atoms with Gasteiger partial charge < -0.3 is 15.0 Å². The van der Waals surface area contributed by atoms with Gasteiger partial charge in [0.2, 0.25) is 0 Å². The summed E-state index contributed by atoms with van der Waals surface area (Å²) in [6.07, 6.45) is 1.19. The summed E-state index contributed by atoms with van der Waals surface area (Å²) in [5.74, 6) is -0.246. The van der Waals surface area contributed by atoms with Gasteiger partial charge in [0.05, 0.1) is 7.11 Å². The zero-order valence-electron chi connectivity index (χ0n) is 12.1. The highest BCUT2D eigenvalue weighted by molar-refractivity contribution is 5.94.